The van der Waals surface area contributed by atoms with Gasteiger partial charge in [-0.05, 0) is 36.6 Å². The van der Waals surface area contributed by atoms with E-state index in [-0.39, 0.29) is 10.5 Å². The second-order valence-corrected chi connectivity index (χ2v) is 9.55. The predicted octanol–water partition coefficient (Wildman–Crippen LogP) is 3.65. The molecule has 30 heavy (non-hydrogen) atoms. The number of sulfonamides is 1. The molecular weight excluding hydrogens is 420 g/mol. The van der Waals surface area contributed by atoms with Crippen molar-refractivity contribution in [1.29, 1.82) is 0 Å². The molecule has 0 unspecified atom stereocenters. The molecule has 9 heteroatoms. The topological polar surface area (TPSA) is 101 Å². The fraction of sp³-hybridized carbons (Fsp3) is 0.286. The minimum atomic E-state index is -3.65. The van der Waals surface area contributed by atoms with Crippen LogP contribution in [0.15, 0.2) is 59.5 Å². The maximum absolute atomic E-state index is 12.6. The highest BCUT2D eigenvalue weighted by Crippen LogP contribution is 2.19. The van der Waals surface area contributed by atoms with Crippen LogP contribution in [0.2, 0.25) is 0 Å². The molecule has 158 valence electrons. The Labute approximate surface area is 180 Å². The fourth-order valence-electron chi connectivity index (χ4n) is 2.74. The van der Waals surface area contributed by atoms with E-state index in [1.54, 1.807) is 12.1 Å². The first-order valence-electron chi connectivity index (χ1n) is 9.75. The summed E-state index contributed by atoms with van der Waals surface area (Å²) < 4.78 is 27.3. The van der Waals surface area contributed by atoms with Crippen molar-refractivity contribution in [3.63, 3.8) is 0 Å². The third-order valence-corrected chi connectivity index (χ3v) is 6.74. The Kier molecular flexibility index (Phi) is 7.67. The lowest BCUT2D eigenvalue weighted by atomic mass is 10.1. The van der Waals surface area contributed by atoms with Gasteiger partial charge in [-0.3, -0.25) is 10.1 Å². The number of anilines is 1. The molecule has 0 saturated carbocycles. The molecule has 1 aromatic heterocycles. The van der Waals surface area contributed by atoms with Crippen molar-refractivity contribution < 1.29 is 13.2 Å². The zero-order valence-corrected chi connectivity index (χ0v) is 18.3. The van der Waals surface area contributed by atoms with Gasteiger partial charge in [0.25, 0.3) is 5.91 Å². The summed E-state index contributed by atoms with van der Waals surface area (Å²) in [4.78, 5) is 12.6. The van der Waals surface area contributed by atoms with E-state index in [2.05, 4.69) is 32.4 Å². The number of unbranched alkanes of at least 4 members (excludes halogenated alkanes) is 1. The Morgan fingerprint density at radius 1 is 1.03 bits per heavy atom. The minimum absolute atomic E-state index is 0.0621. The van der Waals surface area contributed by atoms with Gasteiger partial charge in [0.15, 0.2) is 0 Å². The molecule has 0 saturated heterocycles. The number of carbonyl (C=O) groups is 1. The number of carbonyl (C=O) groups excluding carboxylic acids is 1. The Morgan fingerprint density at radius 2 is 1.83 bits per heavy atom. The molecule has 1 amide bonds. The van der Waals surface area contributed by atoms with Gasteiger partial charge in [-0.1, -0.05) is 61.1 Å². The molecule has 0 bridgehead atoms. The van der Waals surface area contributed by atoms with E-state index in [9.17, 15) is 13.2 Å². The second-order valence-electron chi connectivity index (χ2n) is 6.72. The number of hydrogen-bond donors (Lipinski definition) is 2. The van der Waals surface area contributed by atoms with Crippen molar-refractivity contribution in [3.8, 4) is 0 Å². The number of amides is 1. The third kappa shape index (κ3) is 6.19. The molecule has 3 rings (SSSR count). The summed E-state index contributed by atoms with van der Waals surface area (Å²) in [5.74, 6) is -0.425. The molecule has 0 radical (unpaired) electrons. The van der Waals surface area contributed by atoms with Crippen LogP contribution in [0.3, 0.4) is 0 Å². The standard InChI is InChI=1S/C21H24N4O3S2/c1-2-3-14-22-30(27,28)18-11-7-10-17(15-18)20(26)23-21-25-24-19(29-21)13-12-16-8-5-4-6-9-16/h4-11,15,22H,2-3,12-14H2,1H3,(H,23,25,26). The van der Waals surface area contributed by atoms with E-state index in [1.165, 1.54) is 29.0 Å². The lowest BCUT2D eigenvalue weighted by molar-refractivity contribution is 0.102. The van der Waals surface area contributed by atoms with Crippen molar-refractivity contribution >= 4 is 32.4 Å². The number of rotatable bonds is 10. The van der Waals surface area contributed by atoms with Crippen LogP contribution in [0.1, 0.15) is 40.7 Å². The van der Waals surface area contributed by atoms with Gasteiger partial charge in [0.2, 0.25) is 15.2 Å². The minimum Gasteiger partial charge on any atom is -0.296 e. The van der Waals surface area contributed by atoms with Crippen LogP contribution < -0.4 is 10.0 Å². The average Bonchev–Trinajstić information content (AvgIpc) is 3.20. The molecular formula is C21H24N4O3S2. The first-order valence-corrected chi connectivity index (χ1v) is 12.1. The normalized spacial score (nSPS) is 11.4. The van der Waals surface area contributed by atoms with Crippen LogP contribution >= 0.6 is 11.3 Å². The first kappa shape index (κ1) is 22.1. The number of aryl methyl sites for hydroxylation is 2. The zero-order valence-electron chi connectivity index (χ0n) is 16.7. The Bertz CT molecular complexity index is 1080. The second kappa shape index (κ2) is 10.4. The van der Waals surface area contributed by atoms with Crippen LogP contribution in [0.5, 0.6) is 0 Å². The van der Waals surface area contributed by atoms with Crippen LogP contribution in [0, 0.1) is 0 Å². The highest BCUT2D eigenvalue weighted by molar-refractivity contribution is 7.89. The van der Waals surface area contributed by atoms with Crippen LogP contribution in [-0.4, -0.2) is 31.1 Å². The third-order valence-electron chi connectivity index (χ3n) is 4.39. The van der Waals surface area contributed by atoms with Gasteiger partial charge in [0, 0.05) is 18.5 Å². The number of aromatic nitrogens is 2. The number of benzene rings is 2. The largest absolute Gasteiger partial charge is 0.296 e. The molecule has 0 aliphatic heterocycles. The summed E-state index contributed by atoms with van der Waals surface area (Å²) >= 11 is 1.31. The van der Waals surface area contributed by atoms with Gasteiger partial charge in [-0.2, -0.15) is 0 Å². The number of nitrogens with zero attached hydrogens (tertiary/aromatic N) is 2. The SMILES string of the molecule is CCCCNS(=O)(=O)c1cccc(C(=O)Nc2nnc(CCc3ccccc3)s2)c1. The summed E-state index contributed by atoms with van der Waals surface area (Å²) in [6.45, 7) is 2.35. The summed E-state index contributed by atoms with van der Waals surface area (Å²) in [6, 6.07) is 16.0. The highest BCUT2D eigenvalue weighted by atomic mass is 32.2. The van der Waals surface area contributed by atoms with Gasteiger partial charge < -0.3 is 0 Å². The van der Waals surface area contributed by atoms with E-state index in [4.69, 9.17) is 0 Å². The lowest BCUT2D eigenvalue weighted by Gasteiger charge is -2.08. The molecule has 3 aromatic rings. The molecule has 2 aromatic carbocycles. The van der Waals surface area contributed by atoms with Gasteiger partial charge in [-0.15, -0.1) is 10.2 Å². The van der Waals surface area contributed by atoms with E-state index in [0.29, 0.717) is 11.7 Å². The molecule has 7 nitrogen and oxygen atoms in total. The maximum Gasteiger partial charge on any atom is 0.257 e. The first-order chi connectivity index (χ1) is 14.5. The molecule has 1 heterocycles. The smallest absolute Gasteiger partial charge is 0.257 e. The average molecular weight is 445 g/mol. The zero-order chi connectivity index (χ0) is 21.4. The van der Waals surface area contributed by atoms with E-state index in [1.807, 2.05) is 25.1 Å². The van der Waals surface area contributed by atoms with Crippen LogP contribution in [0.4, 0.5) is 5.13 Å². The summed E-state index contributed by atoms with van der Waals surface area (Å²) in [5, 5.41) is 12.1. The number of hydrogen-bond acceptors (Lipinski definition) is 6. The van der Waals surface area contributed by atoms with E-state index < -0.39 is 15.9 Å². The molecule has 0 aliphatic rings. The molecule has 0 spiro atoms. The lowest BCUT2D eigenvalue weighted by Crippen LogP contribution is -2.25. The quantitative estimate of drug-likeness (QED) is 0.465. The maximum atomic E-state index is 12.6. The van der Waals surface area contributed by atoms with Gasteiger partial charge >= 0.3 is 0 Å². The van der Waals surface area contributed by atoms with Gasteiger partial charge in [0.05, 0.1) is 4.90 Å². The molecule has 0 fully saturated rings. The monoisotopic (exact) mass is 444 g/mol. The summed E-state index contributed by atoms with van der Waals surface area (Å²) in [5.41, 5.74) is 1.46. The van der Waals surface area contributed by atoms with Crippen LogP contribution in [0.25, 0.3) is 0 Å². The van der Waals surface area contributed by atoms with Crippen LogP contribution in [-0.2, 0) is 22.9 Å². The van der Waals surface area contributed by atoms with E-state index in [0.717, 1.165) is 30.7 Å². The highest BCUT2D eigenvalue weighted by Gasteiger charge is 2.17. The fourth-order valence-corrected chi connectivity index (χ4v) is 4.60. The van der Waals surface area contributed by atoms with Gasteiger partial charge in [0.1, 0.15) is 5.01 Å². The van der Waals surface area contributed by atoms with Crippen molar-refractivity contribution in [2.75, 3.05) is 11.9 Å². The van der Waals surface area contributed by atoms with Crippen molar-refractivity contribution in [3.05, 3.63) is 70.7 Å². The molecule has 0 aliphatic carbocycles. The Morgan fingerprint density at radius 3 is 2.60 bits per heavy atom. The van der Waals surface area contributed by atoms with E-state index >= 15 is 0 Å². The molecule has 0 atom stereocenters. The summed E-state index contributed by atoms with van der Waals surface area (Å²) in [6.07, 6.45) is 3.21. The summed E-state index contributed by atoms with van der Waals surface area (Å²) in [7, 11) is -3.65. The van der Waals surface area contributed by atoms with Crippen molar-refractivity contribution in [2.45, 2.75) is 37.5 Å². The Balaban J connectivity index is 1.62. The van der Waals surface area contributed by atoms with Crippen molar-refractivity contribution in [1.82, 2.24) is 14.9 Å². The van der Waals surface area contributed by atoms with Gasteiger partial charge in [-0.25, -0.2) is 13.1 Å². The molecule has 2 N–H and O–H groups in total. The number of nitrogens with one attached hydrogen (secondary N) is 2. The predicted molar refractivity (Wildman–Crippen MR) is 118 cm³/mol. The Hall–Kier alpha value is -2.62. The van der Waals surface area contributed by atoms with Crippen molar-refractivity contribution in [2.24, 2.45) is 0 Å².